The van der Waals surface area contributed by atoms with Crippen molar-refractivity contribution in [1.29, 1.82) is 0 Å². The summed E-state index contributed by atoms with van der Waals surface area (Å²) in [6.07, 6.45) is 0. The number of nitrogens with zero attached hydrogens (tertiary/aromatic N) is 1. The van der Waals surface area contributed by atoms with Crippen LogP contribution in [0.3, 0.4) is 0 Å². The molecule has 0 radical (unpaired) electrons. The fourth-order valence-electron chi connectivity index (χ4n) is 0.850. The van der Waals surface area contributed by atoms with E-state index in [-0.39, 0.29) is 22.1 Å². The lowest BCUT2D eigenvalue weighted by molar-refractivity contribution is -0.427. The van der Waals surface area contributed by atoms with E-state index in [1.165, 1.54) is 19.2 Å². The maximum atomic E-state index is 10.8. The highest BCUT2D eigenvalue weighted by atomic mass is 35.5. The first-order valence-electron chi connectivity index (χ1n) is 3.21. The van der Waals surface area contributed by atoms with Crippen LogP contribution in [0.1, 0.15) is 0 Å². The molecule has 3 N–H and O–H groups in total. The van der Waals surface area contributed by atoms with Crippen molar-refractivity contribution >= 4 is 23.0 Å². The van der Waals surface area contributed by atoms with Crippen LogP contribution in [-0.2, 0) is 0 Å². The summed E-state index contributed by atoms with van der Waals surface area (Å²) in [5, 5.41) is 9.43. The molecule has 0 saturated heterocycles. The van der Waals surface area contributed by atoms with Crippen molar-refractivity contribution in [3.05, 3.63) is 22.1 Å². The maximum Gasteiger partial charge on any atom is 0.283 e. The van der Waals surface area contributed by atoms with Crippen LogP contribution in [0.4, 0.5) is 11.4 Å². The summed E-state index contributed by atoms with van der Waals surface area (Å²) in [5.41, 5.74) is 5.61. The van der Waals surface area contributed by atoms with Crippen molar-refractivity contribution in [1.82, 2.24) is 0 Å². The molecule has 1 aromatic rings. The molecule has 1 rings (SSSR count). The van der Waals surface area contributed by atoms with Gasteiger partial charge in [-0.05, 0) is 0 Å². The van der Waals surface area contributed by atoms with Gasteiger partial charge >= 0.3 is 0 Å². The second-order valence-corrected chi connectivity index (χ2v) is 2.79. The Hall–Kier alpha value is -1.29. The van der Waals surface area contributed by atoms with Gasteiger partial charge in [0, 0.05) is 21.8 Å². The largest absolute Gasteiger partial charge is 0.505 e. The number of hydrogen-bond acceptors (Lipinski definition) is 3. The van der Waals surface area contributed by atoms with Crippen LogP contribution in [0, 0.1) is 4.91 Å². The molecule has 0 fully saturated rings. The zero-order chi connectivity index (χ0) is 9.30. The Balaban J connectivity index is 3.37. The zero-order valence-electron chi connectivity index (χ0n) is 6.41. The van der Waals surface area contributed by atoms with Crippen molar-refractivity contribution in [2.75, 3.05) is 12.8 Å². The number of halogens is 1. The standard InChI is InChI=1S/C7H7ClN2O2/c1-10(12)5-2-4(8)3-6(11)7(5)9/h2-3H,1H3,(H2-,9,11,12)/p+1. The number of nitroso groups, excluding NO2 is 1. The smallest absolute Gasteiger partial charge is 0.283 e. The van der Waals surface area contributed by atoms with E-state index in [1.807, 2.05) is 0 Å². The highest BCUT2D eigenvalue weighted by molar-refractivity contribution is 6.31. The second kappa shape index (κ2) is 2.98. The first-order valence-corrected chi connectivity index (χ1v) is 3.59. The van der Waals surface area contributed by atoms with E-state index < -0.39 is 0 Å². The fourth-order valence-corrected chi connectivity index (χ4v) is 1.06. The Morgan fingerprint density at radius 1 is 1.58 bits per heavy atom. The van der Waals surface area contributed by atoms with Gasteiger partial charge in [0.25, 0.3) is 5.69 Å². The van der Waals surface area contributed by atoms with Crippen molar-refractivity contribution in [2.45, 2.75) is 0 Å². The molecule has 0 aromatic heterocycles. The number of hydrogen-bond donors (Lipinski definition) is 2. The number of nitrogen functional groups attached to an aromatic ring is 1. The van der Waals surface area contributed by atoms with Crippen LogP contribution in [0.2, 0.25) is 5.02 Å². The van der Waals surface area contributed by atoms with E-state index in [1.54, 1.807) is 0 Å². The Kier molecular flexibility index (Phi) is 2.19. The summed E-state index contributed by atoms with van der Waals surface area (Å²) < 4.78 is 0.543. The van der Waals surface area contributed by atoms with Gasteiger partial charge in [0.1, 0.15) is 5.75 Å². The van der Waals surface area contributed by atoms with Gasteiger partial charge in [-0.15, -0.1) is 0 Å². The third kappa shape index (κ3) is 1.48. The van der Waals surface area contributed by atoms with Crippen LogP contribution in [0.15, 0.2) is 12.1 Å². The highest BCUT2D eigenvalue weighted by Gasteiger charge is 2.16. The van der Waals surface area contributed by atoms with Crippen LogP contribution >= 0.6 is 11.6 Å². The maximum absolute atomic E-state index is 10.8. The first-order chi connectivity index (χ1) is 5.52. The fraction of sp³-hybridized carbons (Fsp3) is 0.143. The third-order valence-corrected chi connectivity index (χ3v) is 1.66. The molecule has 0 spiro atoms. The molecule has 64 valence electrons. The molecule has 0 amide bonds. The molecule has 1 aromatic carbocycles. The molecule has 0 saturated carbocycles. The lowest BCUT2D eigenvalue weighted by Crippen LogP contribution is -1.97. The number of benzene rings is 1. The van der Waals surface area contributed by atoms with E-state index in [2.05, 4.69) is 0 Å². The van der Waals surface area contributed by atoms with Crippen LogP contribution in [0.5, 0.6) is 5.75 Å². The molecule has 0 unspecified atom stereocenters. The van der Waals surface area contributed by atoms with Crippen LogP contribution < -0.4 is 5.73 Å². The minimum atomic E-state index is -0.180. The molecule has 4 nitrogen and oxygen atoms in total. The number of rotatable bonds is 1. The quantitative estimate of drug-likeness (QED) is 0.399. The van der Waals surface area contributed by atoms with Gasteiger partial charge in [-0.25, -0.2) is 0 Å². The van der Waals surface area contributed by atoms with Gasteiger partial charge in [0.15, 0.2) is 12.7 Å². The summed E-state index contributed by atoms with van der Waals surface area (Å²) in [4.78, 5) is 10.8. The van der Waals surface area contributed by atoms with E-state index in [0.29, 0.717) is 4.76 Å². The Bertz CT molecular complexity index is 338. The molecule has 0 heterocycles. The molecule has 0 aliphatic carbocycles. The molecule has 0 aliphatic rings. The third-order valence-electron chi connectivity index (χ3n) is 1.44. The first kappa shape index (κ1) is 8.80. The average Bonchev–Trinajstić information content (AvgIpc) is 1.96. The number of phenolic OH excluding ortho intramolecular Hbond substituents is 1. The monoisotopic (exact) mass is 187 g/mol. The molecule has 5 heteroatoms. The van der Waals surface area contributed by atoms with Crippen molar-refractivity contribution in [3.63, 3.8) is 0 Å². The predicted octanol–water partition coefficient (Wildman–Crippen LogP) is 1.67. The summed E-state index contributed by atoms with van der Waals surface area (Å²) >= 11 is 5.59. The van der Waals surface area contributed by atoms with Gasteiger partial charge in [-0.1, -0.05) is 11.6 Å². The molecule has 0 atom stereocenters. The number of phenols is 1. The Labute approximate surface area is 74.1 Å². The Morgan fingerprint density at radius 2 is 2.17 bits per heavy atom. The molecular formula is C7H8ClN2O2+. The number of nitrogens with two attached hydrogens (primary N) is 1. The minimum Gasteiger partial charge on any atom is -0.505 e. The van der Waals surface area contributed by atoms with Crippen LogP contribution in [0.25, 0.3) is 0 Å². The zero-order valence-corrected chi connectivity index (χ0v) is 7.17. The summed E-state index contributed by atoms with van der Waals surface area (Å²) in [5.74, 6) is -0.180. The number of anilines is 1. The van der Waals surface area contributed by atoms with Crippen molar-refractivity contribution in [2.24, 2.45) is 0 Å². The van der Waals surface area contributed by atoms with Crippen molar-refractivity contribution in [3.8, 4) is 5.75 Å². The van der Waals surface area contributed by atoms with Gasteiger partial charge < -0.3 is 10.8 Å². The van der Waals surface area contributed by atoms with E-state index in [4.69, 9.17) is 22.4 Å². The van der Waals surface area contributed by atoms with Gasteiger partial charge in [0.05, 0.1) is 5.02 Å². The summed E-state index contributed by atoms with van der Waals surface area (Å²) in [6, 6.07) is 2.67. The van der Waals surface area contributed by atoms with Crippen molar-refractivity contribution < 1.29 is 9.87 Å². The molecule has 0 bridgehead atoms. The number of aromatic hydroxyl groups is 1. The van der Waals surface area contributed by atoms with Gasteiger partial charge in [0.2, 0.25) is 0 Å². The summed E-state index contributed by atoms with van der Waals surface area (Å²) in [6.45, 7) is 0. The van der Waals surface area contributed by atoms with Gasteiger partial charge in [-0.3, -0.25) is 0 Å². The SMILES string of the molecule is C[N+](=O)c1cc(Cl)cc(O)c1N. The lowest BCUT2D eigenvalue weighted by atomic mass is 10.2. The predicted molar refractivity (Wildman–Crippen MR) is 46.7 cm³/mol. The van der Waals surface area contributed by atoms with Crippen LogP contribution in [-0.4, -0.2) is 16.9 Å². The normalized spacial score (nSPS) is 9.83. The summed E-state index contributed by atoms with van der Waals surface area (Å²) in [7, 11) is 1.28. The highest BCUT2D eigenvalue weighted by Crippen LogP contribution is 2.33. The molecular weight excluding hydrogens is 180 g/mol. The minimum absolute atomic E-state index is 0.0388. The molecule has 12 heavy (non-hydrogen) atoms. The van der Waals surface area contributed by atoms with E-state index >= 15 is 0 Å². The van der Waals surface area contributed by atoms with E-state index in [0.717, 1.165) is 0 Å². The average molecular weight is 188 g/mol. The van der Waals surface area contributed by atoms with Gasteiger partial charge in [-0.2, -0.15) is 0 Å². The topological polar surface area (TPSA) is 66.3 Å². The second-order valence-electron chi connectivity index (χ2n) is 2.36. The lowest BCUT2D eigenvalue weighted by Gasteiger charge is -1.98. The van der Waals surface area contributed by atoms with E-state index in [9.17, 15) is 4.91 Å². The Morgan fingerprint density at radius 3 is 2.67 bits per heavy atom. The molecule has 0 aliphatic heterocycles.